The first-order chi connectivity index (χ1) is 11.3. The van der Waals surface area contributed by atoms with Gasteiger partial charge in [0, 0.05) is 36.1 Å². The third kappa shape index (κ3) is 2.59. The van der Waals surface area contributed by atoms with Gasteiger partial charge < -0.3 is 4.90 Å². The maximum absolute atomic E-state index is 12.8. The summed E-state index contributed by atoms with van der Waals surface area (Å²) in [4.78, 5) is 19.1. The van der Waals surface area contributed by atoms with E-state index in [1.54, 1.807) is 0 Å². The predicted octanol–water partition coefficient (Wildman–Crippen LogP) is 2.86. The number of benzene rings is 1. The molecule has 116 valence electrons. The van der Waals surface area contributed by atoms with Crippen molar-refractivity contribution in [2.45, 2.75) is 25.3 Å². The maximum atomic E-state index is 12.8. The molecule has 1 aliphatic rings. The summed E-state index contributed by atoms with van der Waals surface area (Å²) in [5.41, 5.74) is 2.08. The summed E-state index contributed by atoms with van der Waals surface area (Å²) < 4.78 is 0. The van der Waals surface area contributed by atoms with E-state index < -0.39 is 0 Å². The second-order valence-electron chi connectivity index (χ2n) is 5.97. The third-order valence-corrected chi connectivity index (χ3v) is 4.57. The highest BCUT2D eigenvalue weighted by Crippen LogP contribution is 2.32. The van der Waals surface area contributed by atoms with Gasteiger partial charge in [-0.2, -0.15) is 5.10 Å². The van der Waals surface area contributed by atoms with E-state index in [9.17, 15) is 4.79 Å². The van der Waals surface area contributed by atoms with Crippen molar-refractivity contribution >= 4 is 16.7 Å². The number of hydrogen-bond acceptors (Lipinski definition) is 3. The summed E-state index contributed by atoms with van der Waals surface area (Å²) in [6.45, 7) is 0.812. The smallest absolute Gasteiger partial charge is 0.227 e. The first-order valence-corrected chi connectivity index (χ1v) is 7.93. The number of nitrogens with one attached hydrogen (secondary N) is 1. The van der Waals surface area contributed by atoms with Crippen LogP contribution in [0.2, 0.25) is 0 Å². The van der Waals surface area contributed by atoms with Crippen LogP contribution in [0.4, 0.5) is 0 Å². The molecule has 1 aromatic carbocycles. The van der Waals surface area contributed by atoms with Crippen molar-refractivity contribution in [1.29, 1.82) is 0 Å². The zero-order chi connectivity index (χ0) is 15.6. The van der Waals surface area contributed by atoms with E-state index in [0.717, 1.165) is 41.3 Å². The van der Waals surface area contributed by atoms with Gasteiger partial charge in [0.25, 0.3) is 0 Å². The standard InChI is InChI=1S/C18H18N4O/c23-18(22-7-3-6-17(22)15-11-20-21-12-15)8-14-10-19-9-13-4-1-2-5-16(13)14/h1-2,4-5,9-12,17H,3,6-8H2,(H,20,21). The number of carbonyl (C=O) groups is 1. The Bertz CT molecular complexity index is 823. The monoisotopic (exact) mass is 306 g/mol. The highest BCUT2D eigenvalue weighted by Gasteiger charge is 2.30. The first kappa shape index (κ1) is 13.9. The molecule has 0 aliphatic carbocycles. The normalized spacial score (nSPS) is 17.7. The minimum absolute atomic E-state index is 0.143. The quantitative estimate of drug-likeness (QED) is 0.809. The highest BCUT2D eigenvalue weighted by atomic mass is 16.2. The topological polar surface area (TPSA) is 61.9 Å². The summed E-state index contributed by atoms with van der Waals surface area (Å²) in [5.74, 6) is 0.159. The van der Waals surface area contributed by atoms with Crippen molar-refractivity contribution < 1.29 is 4.79 Å². The van der Waals surface area contributed by atoms with Gasteiger partial charge in [0.1, 0.15) is 0 Å². The molecule has 1 fully saturated rings. The maximum Gasteiger partial charge on any atom is 0.227 e. The Labute approximate surface area is 134 Å². The molecule has 1 atom stereocenters. The number of carbonyl (C=O) groups excluding carboxylic acids is 1. The molecular weight excluding hydrogens is 288 g/mol. The number of H-pyrrole nitrogens is 1. The van der Waals surface area contributed by atoms with Crippen molar-refractivity contribution in [2.75, 3.05) is 6.54 Å². The summed E-state index contributed by atoms with van der Waals surface area (Å²) in [6.07, 6.45) is 9.78. The summed E-state index contributed by atoms with van der Waals surface area (Å²) >= 11 is 0. The van der Waals surface area contributed by atoms with Crippen LogP contribution in [0.3, 0.4) is 0 Å². The Kier molecular flexibility index (Phi) is 3.54. The molecule has 1 aliphatic heterocycles. The lowest BCUT2D eigenvalue weighted by Crippen LogP contribution is -2.31. The van der Waals surface area contributed by atoms with Gasteiger partial charge in [-0.25, -0.2) is 0 Å². The van der Waals surface area contributed by atoms with E-state index in [4.69, 9.17) is 0 Å². The van der Waals surface area contributed by atoms with Crippen LogP contribution in [0.1, 0.15) is 30.0 Å². The van der Waals surface area contributed by atoms with Gasteiger partial charge in [-0.05, 0) is 23.8 Å². The van der Waals surface area contributed by atoms with Crippen LogP contribution >= 0.6 is 0 Å². The van der Waals surface area contributed by atoms with Gasteiger partial charge in [0.05, 0.1) is 18.7 Å². The lowest BCUT2D eigenvalue weighted by atomic mass is 10.0. The molecule has 1 N–H and O–H groups in total. The highest BCUT2D eigenvalue weighted by molar-refractivity contribution is 5.89. The van der Waals surface area contributed by atoms with Crippen LogP contribution in [0.15, 0.2) is 49.1 Å². The molecule has 0 saturated carbocycles. The molecule has 3 aromatic rings. The molecule has 5 nitrogen and oxygen atoms in total. The fourth-order valence-electron chi connectivity index (χ4n) is 3.44. The van der Waals surface area contributed by atoms with Crippen molar-refractivity contribution in [2.24, 2.45) is 0 Å². The summed E-state index contributed by atoms with van der Waals surface area (Å²) in [6, 6.07) is 8.22. The first-order valence-electron chi connectivity index (χ1n) is 7.93. The molecule has 0 radical (unpaired) electrons. The molecule has 3 heterocycles. The Morgan fingerprint density at radius 1 is 1.26 bits per heavy atom. The molecule has 1 unspecified atom stereocenters. The molecule has 0 spiro atoms. The fourth-order valence-corrected chi connectivity index (χ4v) is 3.44. The van der Waals surface area contributed by atoms with E-state index >= 15 is 0 Å². The van der Waals surface area contributed by atoms with Gasteiger partial charge in [0.15, 0.2) is 0 Å². The number of fused-ring (bicyclic) bond motifs is 1. The van der Waals surface area contributed by atoms with Crippen LogP contribution in [-0.2, 0) is 11.2 Å². The zero-order valence-electron chi connectivity index (χ0n) is 12.8. The van der Waals surface area contributed by atoms with E-state index in [1.807, 2.05) is 47.9 Å². The molecule has 4 rings (SSSR count). The predicted molar refractivity (Wildman–Crippen MR) is 87.7 cm³/mol. The molecule has 1 saturated heterocycles. The van der Waals surface area contributed by atoms with Crippen molar-refractivity contribution in [3.05, 3.63) is 60.2 Å². The van der Waals surface area contributed by atoms with Gasteiger partial charge >= 0.3 is 0 Å². The zero-order valence-corrected chi connectivity index (χ0v) is 12.8. The third-order valence-electron chi connectivity index (χ3n) is 4.57. The number of nitrogens with zero attached hydrogens (tertiary/aromatic N) is 3. The molecule has 0 bridgehead atoms. The van der Waals surface area contributed by atoms with E-state index in [2.05, 4.69) is 21.2 Å². The number of rotatable bonds is 3. The Morgan fingerprint density at radius 2 is 2.17 bits per heavy atom. The number of amides is 1. The SMILES string of the molecule is O=C(Cc1cncc2ccccc12)N1CCCC1c1cn[nH]c1. The van der Waals surface area contributed by atoms with Crippen LogP contribution < -0.4 is 0 Å². The van der Waals surface area contributed by atoms with Crippen LogP contribution in [0, 0.1) is 0 Å². The second-order valence-corrected chi connectivity index (χ2v) is 5.97. The van der Waals surface area contributed by atoms with E-state index in [0.29, 0.717) is 6.42 Å². The second kappa shape index (κ2) is 5.83. The van der Waals surface area contributed by atoms with Gasteiger partial charge in [0.2, 0.25) is 5.91 Å². The number of aromatic amines is 1. The van der Waals surface area contributed by atoms with Crippen molar-refractivity contribution in [3.8, 4) is 0 Å². The van der Waals surface area contributed by atoms with E-state index in [-0.39, 0.29) is 11.9 Å². The largest absolute Gasteiger partial charge is 0.335 e. The average Bonchev–Trinajstić information content (AvgIpc) is 3.26. The van der Waals surface area contributed by atoms with Crippen molar-refractivity contribution in [1.82, 2.24) is 20.1 Å². The minimum Gasteiger partial charge on any atom is -0.335 e. The summed E-state index contributed by atoms with van der Waals surface area (Å²) in [5, 5.41) is 9.04. The number of likely N-dealkylation sites (tertiary alicyclic amines) is 1. The molecule has 2 aromatic heterocycles. The van der Waals surface area contributed by atoms with Gasteiger partial charge in [-0.3, -0.25) is 14.9 Å². The van der Waals surface area contributed by atoms with Crippen molar-refractivity contribution in [3.63, 3.8) is 0 Å². The number of aromatic nitrogens is 3. The lowest BCUT2D eigenvalue weighted by molar-refractivity contribution is -0.131. The Balaban J connectivity index is 1.59. The van der Waals surface area contributed by atoms with Gasteiger partial charge in [-0.15, -0.1) is 0 Å². The molecule has 23 heavy (non-hydrogen) atoms. The fraction of sp³-hybridized carbons (Fsp3) is 0.278. The molecule has 1 amide bonds. The average molecular weight is 306 g/mol. The Morgan fingerprint density at radius 3 is 3.04 bits per heavy atom. The molecule has 5 heteroatoms. The van der Waals surface area contributed by atoms with Crippen LogP contribution in [0.25, 0.3) is 10.8 Å². The lowest BCUT2D eigenvalue weighted by Gasteiger charge is -2.24. The number of pyridine rings is 1. The van der Waals surface area contributed by atoms with Crippen LogP contribution in [-0.4, -0.2) is 32.5 Å². The Hall–Kier alpha value is -2.69. The van der Waals surface area contributed by atoms with E-state index in [1.165, 1.54) is 0 Å². The molecular formula is C18H18N4O. The summed E-state index contributed by atoms with van der Waals surface area (Å²) in [7, 11) is 0. The van der Waals surface area contributed by atoms with Gasteiger partial charge in [-0.1, -0.05) is 24.3 Å². The number of hydrogen-bond donors (Lipinski definition) is 1. The minimum atomic E-state index is 0.143. The van der Waals surface area contributed by atoms with Crippen LogP contribution in [0.5, 0.6) is 0 Å².